The number of benzene rings is 21. The Balaban J connectivity index is 0.000000107. The summed E-state index contributed by atoms with van der Waals surface area (Å²) in [5.74, 6) is 0. The first-order chi connectivity index (χ1) is 71.8. The molecule has 0 aliphatic rings. The van der Waals surface area contributed by atoms with Gasteiger partial charge >= 0.3 is 0 Å². The highest BCUT2D eigenvalue weighted by molar-refractivity contribution is 6.19. The molecule has 702 valence electrons. The summed E-state index contributed by atoms with van der Waals surface area (Å²) >= 11 is 0. The van der Waals surface area contributed by atoms with Crippen LogP contribution in [-0.2, 0) is 16.2 Å². The van der Waals surface area contributed by atoms with Crippen LogP contribution in [-0.4, -0.2) is 27.4 Å². The fourth-order valence-corrected chi connectivity index (χ4v) is 23.5. The zero-order valence-electron chi connectivity index (χ0n) is 83.2. The van der Waals surface area contributed by atoms with Gasteiger partial charge in [0.15, 0.2) is 5.58 Å². The second-order valence-electron chi connectivity index (χ2n) is 42.7. The van der Waals surface area contributed by atoms with Gasteiger partial charge in [0.2, 0.25) is 0 Å². The van der Waals surface area contributed by atoms with Gasteiger partial charge in [-0.3, -0.25) is 0 Å². The molecule has 30 aromatic rings. The van der Waals surface area contributed by atoms with E-state index in [0.29, 0.717) is 0 Å². The monoisotopic (exact) mass is 1890 g/mol. The summed E-state index contributed by atoms with van der Waals surface area (Å²) in [5, 5.41) is 21.8. The highest BCUT2D eigenvalue weighted by Crippen LogP contribution is 2.48. The highest BCUT2D eigenvalue weighted by atomic mass is 16.3. The minimum absolute atomic E-state index is 0.114. The minimum atomic E-state index is 0.114. The smallest absolute Gasteiger partial charge is 0.159 e. The Morgan fingerprint density at radius 3 is 0.714 bits per heavy atom. The Morgan fingerprint density at radius 2 is 0.374 bits per heavy atom. The maximum atomic E-state index is 6.51. The van der Waals surface area contributed by atoms with Crippen molar-refractivity contribution >= 4 is 197 Å². The van der Waals surface area contributed by atoms with E-state index in [4.69, 9.17) is 13.3 Å². The number of aromatic nitrogens is 6. The normalized spacial score (nSPS) is 12.4. The Kier molecular flexibility index (Phi) is 19.6. The molecule has 147 heavy (non-hydrogen) atoms. The van der Waals surface area contributed by atoms with Crippen LogP contribution in [0.3, 0.4) is 0 Å². The van der Waals surface area contributed by atoms with Gasteiger partial charge in [0, 0.05) is 131 Å². The van der Waals surface area contributed by atoms with Gasteiger partial charge in [0.05, 0.1) is 71.9 Å². The summed E-state index contributed by atoms with van der Waals surface area (Å²) in [4.78, 5) is 0. The Labute approximate surface area is 849 Å². The lowest BCUT2D eigenvalue weighted by molar-refractivity contribution is 0.590. The molecule has 0 bridgehead atoms. The standard InChI is InChI=1S/3C46H34N2O/c1-46(2,3)31-21-23-32(24-22-31)47-39-15-7-4-11-33(39)37-27-29(19-25-41(37)47)30-20-26-42-38(28-30)34-12-5-8-16-40(34)48(42)43-17-10-14-36-35-13-6-9-18-44(35)49-45(36)43;1-46(2,3)31-18-20-32(21-19-31)47-40-13-7-4-10-34(40)38-26-29(16-24-42(38)47)30-17-25-43-39(27-30)35-11-5-8-14-41(35)48(43)33-22-23-37-36-12-6-9-15-44(36)49-45(37)28-33;1-46(2,3)31-18-20-32(21-19-31)47-40-13-7-4-10-34(40)37-26-29(16-23-42(37)47)30-17-24-43-38(27-30)35-11-5-8-14-41(35)48(43)33-22-25-45-39(28-33)36-12-6-9-15-44(36)49-45/h3*4-28H,1-3H3. The van der Waals surface area contributed by atoms with E-state index in [1.807, 2.05) is 36.4 Å². The van der Waals surface area contributed by atoms with Crippen molar-refractivity contribution in [3.63, 3.8) is 0 Å². The molecule has 0 aliphatic heterocycles. The average Bonchev–Trinajstić information content (AvgIpc) is 1.55. The van der Waals surface area contributed by atoms with Gasteiger partial charge in [-0.1, -0.05) is 311 Å². The van der Waals surface area contributed by atoms with E-state index >= 15 is 0 Å². The molecule has 9 nitrogen and oxygen atoms in total. The van der Waals surface area contributed by atoms with E-state index in [2.05, 4.69) is 508 Å². The van der Waals surface area contributed by atoms with E-state index < -0.39 is 0 Å². The zero-order valence-corrected chi connectivity index (χ0v) is 83.2. The van der Waals surface area contributed by atoms with Crippen LogP contribution in [0.4, 0.5) is 0 Å². The van der Waals surface area contributed by atoms with Gasteiger partial charge in [-0.2, -0.15) is 0 Å². The van der Waals surface area contributed by atoms with Crippen molar-refractivity contribution in [2.24, 2.45) is 0 Å². The van der Waals surface area contributed by atoms with Crippen molar-refractivity contribution in [3.05, 3.63) is 472 Å². The van der Waals surface area contributed by atoms with Crippen molar-refractivity contribution in [2.45, 2.75) is 78.6 Å². The Hall–Kier alpha value is -18.2. The summed E-state index contributed by atoms with van der Waals surface area (Å²) in [7, 11) is 0. The molecule has 9 heterocycles. The zero-order chi connectivity index (χ0) is 98.6. The molecule has 0 amide bonds. The quantitative estimate of drug-likeness (QED) is 0.145. The van der Waals surface area contributed by atoms with E-state index in [-0.39, 0.29) is 16.2 Å². The van der Waals surface area contributed by atoms with Crippen molar-refractivity contribution in [2.75, 3.05) is 0 Å². The first kappa shape index (κ1) is 86.7. The van der Waals surface area contributed by atoms with E-state index in [1.165, 1.54) is 192 Å². The van der Waals surface area contributed by atoms with E-state index in [1.54, 1.807) is 0 Å². The predicted molar refractivity (Wildman–Crippen MR) is 620 cm³/mol. The first-order valence-electron chi connectivity index (χ1n) is 51.1. The molecule has 0 saturated heterocycles. The fraction of sp³-hybridized carbons (Fsp3) is 0.0870. The van der Waals surface area contributed by atoms with Crippen LogP contribution in [0, 0.1) is 0 Å². The lowest BCUT2D eigenvalue weighted by atomic mass is 9.87. The second kappa shape index (κ2) is 33.2. The maximum absolute atomic E-state index is 6.51. The summed E-state index contributed by atoms with van der Waals surface area (Å²) in [6.07, 6.45) is 0. The van der Waals surface area contributed by atoms with Crippen molar-refractivity contribution in [1.82, 2.24) is 27.4 Å². The molecule has 21 aromatic carbocycles. The van der Waals surface area contributed by atoms with Crippen molar-refractivity contribution in [1.29, 1.82) is 0 Å². The van der Waals surface area contributed by atoms with Crippen LogP contribution < -0.4 is 0 Å². The minimum Gasteiger partial charge on any atom is -0.456 e. The topological polar surface area (TPSA) is 69.0 Å². The largest absolute Gasteiger partial charge is 0.456 e. The van der Waals surface area contributed by atoms with Gasteiger partial charge in [-0.25, -0.2) is 0 Å². The number of nitrogens with zero attached hydrogens (tertiary/aromatic N) is 6. The number of furan rings is 3. The van der Waals surface area contributed by atoms with Gasteiger partial charge in [0.25, 0.3) is 0 Å². The lowest BCUT2D eigenvalue weighted by Gasteiger charge is -2.19. The third-order valence-electron chi connectivity index (χ3n) is 30.9. The molecular weight excluding hydrogens is 1790 g/mol. The van der Waals surface area contributed by atoms with Gasteiger partial charge < -0.3 is 40.7 Å². The van der Waals surface area contributed by atoms with Crippen LogP contribution in [0.15, 0.2) is 468 Å². The maximum Gasteiger partial charge on any atom is 0.159 e. The van der Waals surface area contributed by atoms with Crippen LogP contribution in [0.5, 0.6) is 0 Å². The average molecular weight is 1890 g/mol. The van der Waals surface area contributed by atoms with Crippen molar-refractivity contribution in [3.8, 4) is 67.5 Å². The molecule has 0 atom stereocenters. The van der Waals surface area contributed by atoms with Crippen LogP contribution in [0.25, 0.3) is 264 Å². The summed E-state index contributed by atoms with van der Waals surface area (Å²) < 4.78 is 33.3. The molecule has 9 aromatic heterocycles. The molecule has 0 unspecified atom stereocenters. The third kappa shape index (κ3) is 14.1. The van der Waals surface area contributed by atoms with E-state index in [0.717, 1.165) is 88.4 Å². The van der Waals surface area contributed by atoms with Gasteiger partial charge in [-0.05, 0) is 267 Å². The summed E-state index contributed by atoms with van der Waals surface area (Å²) in [6.45, 7) is 20.4. The van der Waals surface area contributed by atoms with E-state index in [9.17, 15) is 0 Å². The molecule has 0 fully saturated rings. The Morgan fingerprint density at radius 1 is 0.143 bits per heavy atom. The SMILES string of the molecule is CC(C)(C)c1ccc(-n2c3ccccc3c3cc(-c4ccc5c(c4)c4ccccc4n5-c4ccc5c(c4)oc4ccccc45)ccc32)cc1.CC(C)(C)c1ccc(-n2c3ccccc3c3cc(-c4ccc5c(c4)c4ccccc4n5-c4ccc5oc6ccccc6c5c4)ccc32)cc1.CC(C)(C)c1ccc(-n2c3ccccc3c3cc(-c4ccc5c(c4)c4ccccc4n5-c4cccc5c4oc4ccccc45)ccc32)cc1. The number of hydrogen-bond acceptors (Lipinski definition) is 3. The molecule has 0 aliphatic carbocycles. The molecular formula is C138H102N6O3. The molecule has 0 radical (unpaired) electrons. The molecule has 9 heteroatoms. The number of para-hydroxylation sites is 10. The molecule has 0 N–H and O–H groups in total. The predicted octanol–water partition coefficient (Wildman–Crippen LogP) is 38.2. The van der Waals surface area contributed by atoms with Gasteiger partial charge in [-0.15, -0.1) is 0 Å². The highest BCUT2D eigenvalue weighted by Gasteiger charge is 2.27. The van der Waals surface area contributed by atoms with Crippen LogP contribution >= 0.6 is 0 Å². The molecule has 30 rings (SSSR count). The molecule has 0 saturated carbocycles. The number of rotatable bonds is 9. The van der Waals surface area contributed by atoms with Crippen LogP contribution in [0.1, 0.15) is 79.0 Å². The summed E-state index contributed by atoms with van der Waals surface area (Å²) in [5.41, 5.74) is 38.3. The third-order valence-corrected chi connectivity index (χ3v) is 30.9. The summed E-state index contributed by atoms with van der Waals surface area (Å²) in [6, 6.07) is 166. The Bertz CT molecular complexity index is 10600. The fourth-order valence-electron chi connectivity index (χ4n) is 23.5. The number of fused-ring (bicyclic) bond motifs is 27. The van der Waals surface area contributed by atoms with Crippen molar-refractivity contribution < 1.29 is 13.3 Å². The first-order valence-corrected chi connectivity index (χ1v) is 51.1. The van der Waals surface area contributed by atoms with Crippen LogP contribution in [0.2, 0.25) is 0 Å². The van der Waals surface area contributed by atoms with Gasteiger partial charge in [0.1, 0.15) is 27.9 Å². The molecule has 0 spiro atoms. The number of hydrogen-bond donors (Lipinski definition) is 0. The lowest BCUT2D eigenvalue weighted by Crippen LogP contribution is -2.10. The second-order valence-corrected chi connectivity index (χ2v) is 42.7.